The Morgan fingerprint density at radius 3 is 2.89 bits per heavy atom. The molecular weight excluding hydrogens is 246 g/mol. The minimum atomic E-state index is 0.115. The molecule has 4 nitrogen and oxygen atoms in total. The van der Waals surface area contributed by atoms with Crippen LogP contribution in [0.2, 0.25) is 0 Å². The van der Waals surface area contributed by atoms with Gasteiger partial charge < -0.3 is 4.90 Å². The fourth-order valence-electron chi connectivity index (χ4n) is 2.00. The maximum absolute atomic E-state index is 12.2. The zero-order chi connectivity index (χ0) is 13.3. The molecule has 0 saturated carbocycles. The molecule has 2 aromatic heterocycles. The third kappa shape index (κ3) is 2.27. The highest BCUT2D eigenvalue weighted by Gasteiger charge is 2.17. The summed E-state index contributed by atoms with van der Waals surface area (Å²) in [7, 11) is 3.79. The highest BCUT2D eigenvalue weighted by Crippen LogP contribution is 2.28. The average Bonchev–Trinajstić information content (AvgIpc) is 2.88. The fourth-order valence-corrected chi connectivity index (χ4v) is 3.11. The number of unbranched alkanes of at least 4 members (excludes halogenated alkanes) is 1. The molecule has 0 radical (unpaired) electrons. The maximum atomic E-state index is 12.2. The molecule has 0 aliphatic carbocycles. The van der Waals surface area contributed by atoms with E-state index in [4.69, 9.17) is 0 Å². The Kier molecular flexibility index (Phi) is 3.71. The number of rotatable bonds is 4. The number of aryl methyl sites for hydroxylation is 2. The first kappa shape index (κ1) is 13.1. The molecule has 0 saturated heterocycles. The van der Waals surface area contributed by atoms with Crippen molar-refractivity contribution in [3.8, 4) is 0 Å². The van der Waals surface area contributed by atoms with Crippen LogP contribution in [0.25, 0.3) is 10.2 Å². The van der Waals surface area contributed by atoms with Crippen LogP contribution in [0.15, 0.2) is 6.07 Å². The van der Waals surface area contributed by atoms with E-state index >= 15 is 0 Å². The van der Waals surface area contributed by atoms with Gasteiger partial charge in [0.25, 0.3) is 5.91 Å². The lowest BCUT2D eigenvalue weighted by atomic mass is 10.3. The van der Waals surface area contributed by atoms with E-state index in [1.54, 1.807) is 4.90 Å². The van der Waals surface area contributed by atoms with Crippen LogP contribution in [0.4, 0.5) is 0 Å². The topological polar surface area (TPSA) is 38.1 Å². The molecule has 2 heterocycles. The summed E-state index contributed by atoms with van der Waals surface area (Å²) in [6, 6.07) is 1.97. The molecule has 0 aliphatic heterocycles. The maximum Gasteiger partial charge on any atom is 0.263 e. The number of fused-ring (bicyclic) bond motifs is 1. The normalized spacial score (nSPS) is 11.1. The lowest BCUT2D eigenvalue weighted by Gasteiger charge is -2.15. The Balaban J connectivity index is 2.25. The standard InChI is InChI=1S/C13H19N3OS/c1-5-6-7-15(3)12(17)11-8-10-9(2)14-16(4)13(10)18-11/h8H,5-7H2,1-4H3. The number of carbonyl (C=O) groups excluding carboxylic acids is 1. The zero-order valence-corrected chi connectivity index (χ0v) is 12.2. The van der Waals surface area contributed by atoms with Gasteiger partial charge in [-0.15, -0.1) is 11.3 Å². The average molecular weight is 265 g/mol. The summed E-state index contributed by atoms with van der Waals surface area (Å²) >= 11 is 1.52. The van der Waals surface area contributed by atoms with Crippen LogP contribution >= 0.6 is 11.3 Å². The van der Waals surface area contributed by atoms with Crippen LogP contribution in [0.1, 0.15) is 35.1 Å². The van der Waals surface area contributed by atoms with Gasteiger partial charge in [0, 0.05) is 26.0 Å². The number of carbonyl (C=O) groups is 1. The third-order valence-corrected chi connectivity index (χ3v) is 4.29. The lowest BCUT2D eigenvalue weighted by Crippen LogP contribution is -2.26. The zero-order valence-electron chi connectivity index (χ0n) is 11.4. The largest absolute Gasteiger partial charge is 0.341 e. The van der Waals surface area contributed by atoms with E-state index < -0.39 is 0 Å². The molecule has 18 heavy (non-hydrogen) atoms. The van der Waals surface area contributed by atoms with Crippen LogP contribution in [0.3, 0.4) is 0 Å². The van der Waals surface area contributed by atoms with Crippen LogP contribution < -0.4 is 0 Å². The second kappa shape index (κ2) is 5.10. The predicted molar refractivity (Wildman–Crippen MR) is 75.2 cm³/mol. The molecule has 0 aliphatic rings. The highest BCUT2D eigenvalue weighted by atomic mass is 32.1. The van der Waals surface area contributed by atoms with E-state index in [-0.39, 0.29) is 5.91 Å². The van der Waals surface area contributed by atoms with Crippen molar-refractivity contribution in [2.45, 2.75) is 26.7 Å². The van der Waals surface area contributed by atoms with Gasteiger partial charge in [-0.3, -0.25) is 9.48 Å². The molecule has 98 valence electrons. The first-order chi connectivity index (χ1) is 8.54. The van der Waals surface area contributed by atoms with Crippen molar-refractivity contribution in [2.24, 2.45) is 7.05 Å². The Labute approximate surface area is 111 Å². The van der Waals surface area contributed by atoms with Gasteiger partial charge in [0.2, 0.25) is 0 Å². The van der Waals surface area contributed by atoms with Gasteiger partial charge in [-0.1, -0.05) is 13.3 Å². The van der Waals surface area contributed by atoms with Gasteiger partial charge in [0.05, 0.1) is 10.6 Å². The van der Waals surface area contributed by atoms with Gasteiger partial charge in [0.1, 0.15) is 4.83 Å². The van der Waals surface area contributed by atoms with E-state index in [0.29, 0.717) is 0 Å². The van der Waals surface area contributed by atoms with Crippen molar-refractivity contribution in [3.63, 3.8) is 0 Å². The van der Waals surface area contributed by atoms with E-state index in [0.717, 1.165) is 40.2 Å². The predicted octanol–water partition coefficient (Wildman–Crippen LogP) is 2.82. The second-order valence-electron chi connectivity index (χ2n) is 4.62. The first-order valence-corrected chi connectivity index (χ1v) is 7.04. The number of thiophene rings is 1. The Bertz CT molecular complexity index is 536. The molecule has 0 fully saturated rings. The minimum Gasteiger partial charge on any atom is -0.341 e. The molecule has 0 spiro atoms. The SMILES string of the molecule is CCCCN(C)C(=O)c1cc2c(C)nn(C)c2s1. The van der Waals surface area contributed by atoms with Gasteiger partial charge in [-0.05, 0) is 19.4 Å². The van der Waals surface area contributed by atoms with Gasteiger partial charge in [-0.25, -0.2) is 0 Å². The van der Waals surface area contributed by atoms with Crippen LogP contribution in [-0.4, -0.2) is 34.2 Å². The van der Waals surface area contributed by atoms with Crippen LogP contribution in [0.5, 0.6) is 0 Å². The van der Waals surface area contributed by atoms with Crippen molar-refractivity contribution in [3.05, 3.63) is 16.6 Å². The lowest BCUT2D eigenvalue weighted by molar-refractivity contribution is 0.0798. The third-order valence-electron chi connectivity index (χ3n) is 3.10. The first-order valence-electron chi connectivity index (χ1n) is 6.23. The van der Waals surface area contributed by atoms with E-state index in [2.05, 4.69) is 12.0 Å². The number of aromatic nitrogens is 2. The quantitative estimate of drug-likeness (QED) is 0.852. The number of hydrogen-bond acceptors (Lipinski definition) is 3. The summed E-state index contributed by atoms with van der Waals surface area (Å²) in [5.41, 5.74) is 0.985. The van der Waals surface area contributed by atoms with E-state index in [1.807, 2.05) is 31.8 Å². The van der Waals surface area contributed by atoms with Crippen molar-refractivity contribution in [1.29, 1.82) is 0 Å². The molecule has 0 aromatic carbocycles. The molecule has 0 atom stereocenters. The van der Waals surface area contributed by atoms with E-state index in [1.165, 1.54) is 11.3 Å². The molecule has 5 heteroatoms. The van der Waals surface area contributed by atoms with Crippen molar-refractivity contribution in [1.82, 2.24) is 14.7 Å². The van der Waals surface area contributed by atoms with Crippen molar-refractivity contribution < 1.29 is 4.79 Å². The van der Waals surface area contributed by atoms with Gasteiger partial charge in [0.15, 0.2) is 0 Å². The Morgan fingerprint density at radius 1 is 1.56 bits per heavy atom. The molecule has 0 bridgehead atoms. The summed E-state index contributed by atoms with van der Waals surface area (Å²) in [5.74, 6) is 0.115. The molecule has 0 unspecified atom stereocenters. The number of nitrogens with zero attached hydrogens (tertiary/aromatic N) is 3. The molecule has 2 rings (SSSR count). The van der Waals surface area contributed by atoms with Crippen molar-refractivity contribution in [2.75, 3.05) is 13.6 Å². The monoisotopic (exact) mass is 265 g/mol. The van der Waals surface area contributed by atoms with E-state index in [9.17, 15) is 4.79 Å². The van der Waals surface area contributed by atoms with Crippen LogP contribution in [-0.2, 0) is 7.05 Å². The summed E-state index contributed by atoms with van der Waals surface area (Å²) in [4.78, 5) is 15.9. The smallest absolute Gasteiger partial charge is 0.263 e. The summed E-state index contributed by atoms with van der Waals surface area (Å²) in [6.45, 7) is 4.93. The highest BCUT2D eigenvalue weighted by molar-refractivity contribution is 7.20. The van der Waals surface area contributed by atoms with Gasteiger partial charge >= 0.3 is 0 Å². The summed E-state index contributed by atoms with van der Waals surface area (Å²) < 4.78 is 1.85. The Hall–Kier alpha value is -1.36. The molecule has 2 aromatic rings. The fraction of sp³-hybridized carbons (Fsp3) is 0.538. The minimum absolute atomic E-state index is 0.115. The number of hydrogen-bond donors (Lipinski definition) is 0. The Morgan fingerprint density at radius 2 is 2.28 bits per heavy atom. The second-order valence-corrected chi connectivity index (χ2v) is 5.65. The molecule has 0 N–H and O–H groups in total. The molecule has 1 amide bonds. The molecular formula is C13H19N3OS. The van der Waals surface area contributed by atoms with Crippen molar-refractivity contribution >= 4 is 27.5 Å². The van der Waals surface area contributed by atoms with Gasteiger partial charge in [-0.2, -0.15) is 5.10 Å². The van der Waals surface area contributed by atoms with Crippen LogP contribution in [0, 0.1) is 6.92 Å². The number of amides is 1. The summed E-state index contributed by atoms with van der Waals surface area (Å²) in [6.07, 6.45) is 2.15. The summed E-state index contributed by atoms with van der Waals surface area (Å²) in [5, 5.41) is 5.44.